The topological polar surface area (TPSA) is 78.9 Å². The van der Waals surface area contributed by atoms with E-state index in [4.69, 9.17) is 14.2 Å². The van der Waals surface area contributed by atoms with Gasteiger partial charge in [-0.3, -0.25) is 14.4 Å². The van der Waals surface area contributed by atoms with Gasteiger partial charge in [-0.05, 0) is 19.3 Å². The zero-order chi connectivity index (χ0) is 43.7. The third-order valence-electron chi connectivity index (χ3n) is 12.4. The number of esters is 3. The highest BCUT2D eigenvalue weighted by molar-refractivity contribution is 5.71. The Morgan fingerprint density at radius 3 is 0.667 bits per heavy atom. The minimum atomic E-state index is -0.759. The van der Waals surface area contributed by atoms with E-state index in [0.717, 1.165) is 57.8 Å². The Balaban J connectivity index is 4.23. The maximum atomic E-state index is 12.7. The predicted molar refractivity (Wildman–Crippen MR) is 257 cm³/mol. The first-order valence-corrected chi connectivity index (χ1v) is 27.0. The standard InChI is InChI=1S/C54H104O6/c1-4-7-10-13-16-19-22-24-26-27-29-31-33-36-38-41-44-47-53(56)59-50-51(60-54(57)48-45-42-39-34-21-18-15-12-9-6-3)49-58-52(55)46-43-40-37-35-32-30-28-25-23-20-17-14-11-8-5-2/h51H,4-50H2,1-3H3/t51-/m0/s1. The summed E-state index contributed by atoms with van der Waals surface area (Å²) in [6.07, 6.45) is 53.7. The third kappa shape index (κ3) is 47.5. The van der Waals surface area contributed by atoms with Crippen LogP contribution in [0.1, 0.15) is 310 Å². The van der Waals surface area contributed by atoms with Crippen molar-refractivity contribution in [3.05, 3.63) is 0 Å². The van der Waals surface area contributed by atoms with E-state index in [1.165, 1.54) is 212 Å². The minimum absolute atomic E-state index is 0.0617. The van der Waals surface area contributed by atoms with Crippen LogP contribution < -0.4 is 0 Å². The maximum absolute atomic E-state index is 12.7. The largest absolute Gasteiger partial charge is 0.462 e. The van der Waals surface area contributed by atoms with E-state index < -0.39 is 6.10 Å². The molecule has 6 nitrogen and oxygen atoms in total. The van der Waals surface area contributed by atoms with E-state index in [9.17, 15) is 14.4 Å². The highest BCUT2D eigenvalue weighted by Crippen LogP contribution is 2.17. The molecule has 0 saturated heterocycles. The van der Waals surface area contributed by atoms with E-state index in [2.05, 4.69) is 20.8 Å². The third-order valence-corrected chi connectivity index (χ3v) is 12.4. The van der Waals surface area contributed by atoms with Crippen molar-refractivity contribution in [1.29, 1.82) is 0 Å². The first-order valence-electron chi connectivity index (χ1n) is 27.0. The summed E-state index contributed by atoms with van der Waals surface area (Å²) in [6.45, 7) is 6.68. The molecule has 0 aliphatic carbocycles. The normalized spacial score (nSPS) is 11.8. The highest BCUT2D eigenvalue weighted by Gasteiger charge is 2.19. The van der Waals surface area contributed by atoms with Gasteiger partial charge in [-0.15, -0.1) is 0 Å². The molecule has 0 amide bonds. The summed E-state index contributed by atoms with van der Waals surface area (Å²) in [5, 5.41) is 0. The summed E-state index contributed by atoms with van der Waals surface area (Å²) >= 11 is 0. The van der Waals surface area contributed by atoms with Gasteiger partial charge in [0.25, 0.3) is 0 Å². The molecule has 0 spiro atoms. The van der Waals surface area contributed by atoms with Crippen molar-refractivity contribution >= 4 is 17.9 Å². The molecular weight excluding hydrogens is 745 g/mol. The van der Waals surface area contributed by atoms with Crippen molar-refractivity contribution in [1.82, 2.24) is 0 Å². The Labute approximate surface area is 374 Å². The van der Waals surface area contributed by atoms with Gasteiger partial charge in [-0.25, -0.2) is 0 Å². The van der Waals surface area contributed by atoms with Gasteiger partial charge in [-0.1, -0.05) is 271 Å². The zero-order valence-corrected chi connectivity index (χ0v) is 40.8. The zero-order valence-electron chi connectivity index (χ0n) is 40.8. The Kier molecular flexibility index (Phi) is 48.7. The van der Waals surface area contributed by atoms with Crippen LogP contribution in [0, 0.1) is 0 Å². The predicted octanol–water partition coefficient (Wildman–Crippen LogP) is 17.6. The SMILES string of the molecule is CCCCCCCCCCCCCCCCCCCC(=O)OC[C@H](COC(=O)CCCCCCCCCCCCCCCCC)OC(=O)CCCCCCCCCCCC. The molecule has 0 N–H and O–H groups in total. The van der Waals surface area contributed by atoms with Gasteiger partial charge in [0.1, 0.15) is 13.2 Å². The molecule has 0 bridgehead atoms. The number of unbranched alkanes of at least 4 members (excludes halogenated alkanes) is 39. The Hall–Kier alpha value is -1.59. The Morgan fingerprint density at radius 2 is 0.450 bits per heavy atom. The van der Waals surface area contributed by atoms with Crippen LogP contribution in [0.4, 0.5) is 0 Å². The van der Waals surface area contributed by atoms with Gasteiger partial charge in [-0.2, -0.15) is 0 Å². The van der Waals surface area contributed by atoms with Gasteiger partial charge < -0.3 is 14.2 Å². The van der Waals surface area contributed by atoms with Crippen molar-refractivity contribution < 1.29 is 28.6 Å². The number of carbonyl (C=O) groups is 3. The molecule has 6 heteroatoms. The van der Waals surface area contributed by atoms with E-state index in [-0.39, 0.29) is 31.1 Å². The average Bonchev–Trinajstić information content (AvgIpc) is 3.24. The molecule has 0 aromatic carbocycles. The van der Waals surface area contributed by atoms with E-state index in [0.29, 0.717) is 19.3 Å². The first-order chi connectivity index (χ1) is 29.5. The fraction of sp³-hybridized carbons (Fsp3) is 0.944. The second-order valence-electron chi connectivity index (χ2n) is 18.5. The maximum Gasteiger partial charge on any atom is 0.306 e. The van der Waals surface area contributed by atoms with Crippen LogP contribution in [0.3, 0.4) is 0 Å². The summed E-state index contributed by atoms with van der Waals surface area (Å²) in [4.78, 5) is 37.9. The minimum Gasteiger partial charge on any atom is -0.462 e. The van der Waals surface area contributed by atoms with Crippen LogP contribution in [0.15, 0.2) is 0 Å². The molecule has 0 unspecified atom stereocenters. The summed E-state index contributed by atoms with van der Waals surface area (Å²) < 4.78 is 16.8. The monoisotopic (exact) mass is 849 g/mol. The molecule has 0 saturated carbocycles. The summed E-state index contributed by atoms with van der Waals surface area (Å²) in [5.41, 5.74) is 0. The number of hydrogen-bond donors (Lipinski definition) is 0. The molecule has 0 aromatic heterocycles. The summed E-state index contributed by atoms with van der Waals surface area (Å²) in [7, 11) is 0. The molecule has 0 aromatic rings. The summed E-state index contributed by atoms with van der Waals surface area (Å²) in [5.74, 6) is -0.840. The summed E-state index contributed by atoms with van der Waals surface area (Å²) in [6, 6.07) is 0. The van der Waals surface area contributed by atoms with Crippen molar-refractivity contribution in [3.63, 3.8) is 0 Å². The average molecular weight is 849 g/mol. The van der Waals surface area contributed by atoms with Crippen molar-refractivity contribution in [3.8, 4) is 0 Å². The molecule has 1 atom stereocenters. The molecule has 60 heavy (non-hydrogen) atoms. The number of hydrogen-bond acceptors (Lipinski definition) is 6. The number of carbonyl (C=O) groups excluding carboxylic acids is 3. The molecule has 0 fully saturated rings. The first kappa shape index (κ1) is 58.4. The molecule has 0 heterocycles. The van der Waals surface area contributed by atoms with Crippen LogP contribution in [0.25, 0.3) is 0 Å². The molecule has 0 radical (unpaired) electrons. The van der Waals surface area contributed by atoms with E-state index in [1.54, 1.807) is 0 Å². The lowest BCUT2D eigenvalue weighted by Crippen LogP contribution is -2.30. The van der Waals surface area contributed by atoms with Crippen LogP contribution >= 0.6 is 0 Å². The van der Waals surface area contributed by atoms with E-state index in [1.807, 2.05) is 0 Å². The van der Waals surface area contributed by atoms with Gasteiger partial charge >= 0.3 is 17.9 Å². The van der Waals surface area contributed by atoms with Gasteiger partial charge in [0.05, 0.1) is 0 Å². The second kappa shape index (κ2) is 50.1. The Morgan fingerprint density at radius 1 is 0.267 bits per heavy atom. The van der Waals surface area contributed by atoms with Crippen LogP contribution in [0.2, 0.25) is 0 Å². The Bertz CT molecular complexity index is 889. The number of ether oxygens (including phenoxy) is 3. The van der Waals surface area contributed by atoms with Crippen molar-refractivity contribution in [2.75, 3.05) is 13.2 Å². The van der Waals surface area contributed by atoms with E-state index >= 15 is 0 Å². The van der Waals surface area contributed by atoms with Crippen LogP contribution in [0.5, 0.6) is 0 Å². The second-order valence-corrected chi connectivity index (χ2v) is 18.5. The smallest absolute Gasteiger partial charge is 0.306 e. The number of rotatable bonds is 50. The molecule has 0 aliphatic rings. The van der Waals surface area contributed by atoms with Crippen LogP contribution in [-0.2, 0) is 28.6 Å². The molecule has 0 rings (SSSR count). The van der Waals surface area contributed by atoms with Gasteiger partial charge in [0.15, 0.2) is 6.10 Å². The lowest BCUT2D eigenvalue weighted by Gasteiger charge is -2.18. The molecule has 356 valence electrons. The fourth-order valence-corrected chi connectivity index (χ4v) is 8.27. The lowest BCUT2D eigenvalue weighted by molar-refractivity contribution is -0.167. The van der Waals surface area contributed by atoms with Crippen molar-refractivity contribution in [2.45, 2.75) is 316 Å². The lowest BCUT2D eigenvalue weighted by atomic mass is 10.0. The molecule has 0 aliphatic heterocycles. The van der Waals surface area contributed by atoms with Crippen LogP contribution in [-0.4, -0.2) is 37.2 Å². The van der Waals surface area contributed by atoms with Crippen molar-refractivity contribution in [2.24, 2.45) is 0 Å². The highest BCUT2D eigenvalue weighted by atomic mass is 16.6. The quantitative estimate of drug-likeness (QED) is 0.0345. The van der Waals surface area contributed by atoms with Gasteiger partial charge in [0, 0.05) is 19.3 Å². The molecular formula is C54H104O6. The fourth-order valence-electron chi connectivity index (χ4n) is 8.27. The van der Waals surface area contributed by atoms with Gasteiger partial charge in [0.2, 0.25) is 0 Å².